The number of fused-ring (bicyclic) bond motifs is 1. The summed E-state index contributed by atoms with van der Waals surface area (Å²) in [4.78, 5) is 1.25. The van der Waals surface area contributed by atoms with E-state index < -0.39 is 0 Å². The normalized spacial score (nSPS) is 16.9. The summed E-state index contributed by atoms with van der Waals surface area (Å²) in [7, 11) is 0. The van der Waals surface area contributed by atoms with Crippen LogP contribution in [0.1, 0.15) is 23.6 Å². The van der Waals surface area contributed by atoms with Gasteiger partial charge in [-0.05, 0) is 48.4 Å². The van der Waals surface area contributed by atoms with Gasteiger partial charge in [-0.3, -0.25) is 0 Å². The van der Waals surface area contributed by atoms with Gasteiger partial charge in [-0.2, -0.15) is 5.26 Å². The standard InChI is InChI=1S/C16H12Cl2N2S/c17-11-2-4-16-12(8-11)14(5-6-21-16)20-15-7-10(9-19)1-3-13(15)18/h1-4,7-8,14,20H,5-6H2. The first kappa shape index (κ1) is 14.6. The Bertz CT molecular complexity index is 725. The van der Waals surface area contributed by atoms with E-state index in [0.29, 0.717) is 10.6 Å². The number of halogens is 2. The van der Waals surface area contributed by atoms with E-state index in [1.165, 1.54) is 10.5 Å². The third-order valence-electron chi connectivity index (χ3n) is 3.44. The topological polar surface area (TPSA) is 35.8 Å². The number of anilines is 1. The van der Waals surface area contributed by atoms with Crippen molar-refractivity contribution in [3.8, 4) is 6.07 Å². The van der Waals surface area contributed by atoms with E-state index in [4.69, 9.17) is 28.5 Å². The number of rotatable bonds is 2. The van der Waals surface area contributed by atoms with Crippen LogP contribution < -0.4 is 5.32 Å². The van der Waals surface area contributed by atoms with Crippen LogP contribution in [0.4, 0.5) is 5.69 Å². The van der Waals surface area contributed by atoms with Crippen LogP contribution in [-0.4, -0.2) is 5.75 Å². The largest absolute Gasteiger partial charge is 0.377 e. The van der Waals surface area contributed by atoms with Crippen molar-refractivity contribution in [2.75, 3.05) is 11.1 Å². The van der Waals surface area contributed by atoms with Crippen LogP contribution in [0, 0.1) is 11.3 Å². The Balaban J connectivity index is 1.94. The number of thioether (sulfide) groups is 1. The lowest BCUT2D eigenvalue weighted by Crippen LogP contribution is -2.16. The minimum atomic E-state index is 0.159. The molecule has 0 radical (unpaired) electrons. The summed E-state index contributed by atoms with van der Waals surface area (Å²) in [6.07, 6.45) is 0.991. The summed E-state index contributed by atoms with van der Waals surface area (Å²) in [6.45, 7) is 0. The third-order valence-corrected chi connectivity index (χ3v) is 5.12. The molecule has 1 heterocycles. The zero-order valence-corrected chi connectivity index (χ0v) is 13.4. The van der Waals surface area contributed by atoms with Crippen molar-refractivity contribution in [1.82, 2.24) is 0 Å². The minimum Gasteiger partial charge on any atom is -0.377 e. The lowest BCUT2D eigenvalue weighted by molar-refractivity contribution is 0.729. The van der Waals surface area contributed by atoms with Crippen molar-refractivity contribution in [3.63, 3.8) is 0 Å². The van der Waals surface area contributed by atoms with Gasteiger partial charge >= 0.3 is 0 Å². The van der Waals surface area contributed by atoms with Crippen molar-refractivity contribution in [2.45, 2.75) is 17.4 Å². The van der Waals surface area contributed by atoms with Crippen LogP contribution in [0.15, 0.2) is 41.3 Å². The monoisotopic (exact) mass is 334 g/mol. The highest BCUT2D eigenvalue weighted by Gasteiger charge is 2.21. The maximum absolute atomic E-state index is 9.01. The van der Waals surface area contributed by atoms with Crippen LogP contribution in [0.2, 0.25) is 10.0 Å². The van der Waals surface area contributed by atoms with Crippen LogP contribution in [0.5, 0.6) is 0 Å². The second-order valence-electron chi connectivity index (χ2n) is 4.82. The Labute approximate surface area is 138 Å². The Morgan fingerprint density at radius 1 is 1.19 bits per heavy atom. The van der Waals surface area contributed by atoms with E-state index in [1.807, 2.05) is 23.9 Å². The predicted octanol–water partition coefficient (Wildman–Crippen LogP) is 5.51. The molecule has 2 aromatic rings. The second-order valence-corrected chi connectivity index (χ2v) is 6.80. The number of hydrogen-bond acceptors (Lipinski definition) is 3. The minimum absolute atomic E-state index is 0.159. The molecule has 0 saturated heterocycles. The molecule has 1 aliphatic rings. The zero-order valence-electron chi connectivity index (χ0n) is 11.1. The molecule has 0 fully saturated rings. The molecule has 0 saturated carbocycles. The van der Waals surface area contributed by atoms with E-state index in [-0.39, 0.29) is 6.04 Å². The summed E-state index contributed by atoms with van der Waals surface area (Å²) in [5, 5.41) is 13.8. The van der Waals surface area contributed by atoms with Gasteiger partial charge in [-0.1, -0.05) is 23.2 Å². The molecule has 0 aromatic heterocycles. The lowest BCUT2D eigenvalue weighted by atomic mass is 10.0. The van der Waals surface area contributed by atoms with E-state index in [2.05, 4.69) is 17.5 Å². The van der Waals surface area contributed by atoms with Gasteiger partial charge in [0, 0.05) is 15.7 Å². The van der Waals surface area contributed by atoms with Gasteiger partial charge < -0.3 is 5.32 Å². The Kier molecular flexibility index (Phi) is 4.30. The van der Waals surface area contributed by atoms with E-state index >= 15 is 0 Å². The summed E-state index contributed by atoms with van der Waals surface area (Å²) >= 11 is 14.2. The quantitative estimate of drug-likeness (QED) is 0.785. The molecular weight excluding hydrogens is 323 g/mol. The van der Waals surface area contributed by atoms with Gasteiger partial charge in [0.25, 0.3) is 0 Å². The first-order valence-corrected chi connectivity index (χ1v) is 8.30. The SMILES string of the molecule is N#Cc1ccc(Cl)c(NC2CCSc3ccc(Cl)cc32)c1. The molecule has 2 aromatic carbocycles. The summed E-state index contributed by atoms with van der Waals surface area (Å²) in [5.41, 5.74) is 2.58. The molecule has 21 heavy (non-hydrogen) atoms. The fraction of sp³-hybridized carbons (Fsp3) is 0.188. The molecule has 106 valence electrons. The Morgan fingerprint density at radius 2 is 2.05 bits per heavy atom. The molecular formula is C16H12Cl2N2S. The highest BCUT2D eigenvalue weighted by molar-refractivity contribution is 7.99. The molecule has 0 aliphatic carbocycles. The number of nitrogens with one attached hydrogen (secondary N) is 1. The third kappa shape index (κ3) is 3.13. The second kappa shape index (κ2) is 6.19. The maximum atomic E-state index is 9.01. The number of nitrogens with zero attached hydrogens (tertiary/aromatic N) is 1. The van der Waals surface area contributed by atoms with E-state index in [9.17, 15) is 0 Å². The molecule has 1 unspecified atom stereocenters. The summed E-state index contributed by atoms with van der Waals surface area (Å²) in [6, 6.07) is 13.5. The average molecular weight is 335 g/mol. The maximum Gasteiger partial charge on any atom is 0.0992 e. The van der Waals surface area contributed by atoms with Crippen LogP contribution >= 0.6 is 35.0 Å². The van der Waals surface area contributed by atoms with Gasteiger partial charge in [-0.15, -0.1) is 11.8 Å². The first-order chi connectivity index (χ1) is 10.2. The molecule has 1 atom stereocenters. The van der Waals surface area contributed by atoms with Crippen molar-refractivity contribution < 1.29 is 0 Å². The molecule has 1 aliphatic heterocycles. The van der Waals surface area contributed by atoms with Gasteiger partial charge in [0.2, 0.25) is 0 Å². The summed E-state index contributed by atoms with van der Waals surface area (Å²) < 4.78 is 0. The molecule has 0 bridgehead atoms. The van der Waals surface area contributed by atoms with Gasteiger partial charge in [-0.25, -0.2) is 0 Å². The average Bonchev–Trinajstić information content (AvgIpc) is 2.50. The molecule has 3 rings (SSSR count). The van der Waals surface area contributed by atoms with Crippen molar-refractivity contribution >= 4 is 40.7 Å². The van der Waals surface area contributed by atoms with Crippen molar-refractivity contribution in [2.24, 2.45) is 0 Å². The van der Waals surface area contributed by atoms with Gasteiger partial charge in [0.1, 0.15) is 0 Å². The smallest absolute Gasteiger partial charge is 0.0992 e. The first-order valence-electron chi connectivity index (χ1n) is 6.56. The predicted molar refractivity (Wildman–Crippen MR) is 89.3 cm³/mol. The van der Waals surface area contributed by atoms with Gasteiger partial charge in [0.15, 0.2) is 0 Å². The summed E-state index contributed by atoms with van der Waals surface area (Å²) in [5.74, 6) is 1.04. The molecule has 2 nitrogen and oxygen atoms in total. The van der Waals surface area contributed by atoms with Crippen LogP contribution in [0.25, 0.3) is 0 Å². The van der Waals surface area contributed by atoms with E-state index in [1.54, 1.807) is 18.2 Å². The number of benzene rings is 2. The highest BCUT2D eigenvalue weighted by atomic mass is 35.5. The Hall–Kier alpha value is -1.34. The number of nitriles is 1. The zero-order chi connectivity index (χ0) is 14.8. The fourth-order valence-electron chi connectivity index (χ4n) is 2.41. The fourth-order valence-corrected chi connectivity index (χ4v) is 3.87. The highest BCUT2D eigenvalue weighted by Crippen LogP contribution is 2.40. The van der Waals surface area contributed by atoms with Crippen molar-refractivity contribution in [3.05, 3.63) is 57.6 Å². The molecule has 0 spiro atoms. The molecule has 5 heteroatoms. The molecule has 0 amide bonds. The van der Waals surface area contributed by atoms with E-state index in [0.717, 1.165) is 22.9 Å². The van der Waals surface area contributed by atoms with Gasteiger partial charge in [0.05, 0.1) is 28.4 Å². The lowest BCUT2D eigenvalue weighted by Gasteiger charge is -2.27. The van der Waals surface area contributed by atoms with Crippen molar-refractivity contribution in [1.29, 1.82) is 5.26 Å². The van der Waals surface area contributed by atoms with Crippen LogP contribution in [-0.2, 0) is 0 Å². The van der Waals surface area contributed by atoms with Crippen LogP contribution in [0.3, 0.4) is 0 Å². The molecule has 1 N–H and O–H groups in total. The number of hydrogen-bond donors (Lipinski definition) is 1. The Morgan fingerprint density at radius 3 is 2.86 bits per heavy atom.